The largest absolute Gasteiger partial charge is 0.325 e. The van der Waals surface area contributed by atoms with Gasteiger partial charge in [-0.3, -0.25) is 0 Å². The lowest BCUT2D eigenvalue weighted by atomic mass is 10.2. The number of rotatable bonds is 5. The summed E-state index contributed by atoms with van der Waals surface area (Å²) < 4.78 is 0. The van der Waals surface area contributed by atoms with Crippen molar-refractivity contribution in [1.29, 1.82) is 0 Å². The van der Waals surface area contributed by atoms with Crippen LogP contribution in [0.1, 0.15) is 41.0 Å². The summed E-state index contributed by atoms with van der Waals surface area (Å²) in [5.74, 6) is 0. The van der Waals surface area contributed by atoms with Crippen LogP contribution < -0.4 is 0 Å². The van der Waals surface area contributed by atoms with Crippen LogP contribution in [0.2, 0.25) is 0 Å². The van der Waals surface area contributed by atoms with Crippen LogP contribution in [0.25, 0.3) is 0 Å². The number of nitrogens with zero attached hydrogens (tertiary/aromatic N) is 2. The zero-order valence-electron chi connectivity index (χ0n) is 10.2. The van der Waals surface area contributed by atoms with Crippen molar-refractivity contribution in [2.45, 2.75) is 47.1 Å². The summed E-state index contributed by atoms with van der Waals surface area (Å²) in [6.07, 6.45) is 1.01. The van der Waals surface area contributed by atoms with Gasteiger partial charge >= 0.3 is 6.03 Å². The van der Waals surface area contributed by atoms with E-state index in [0.717, 1.165) is 26.1 Å². The van der Waals surface area contributed by atoms with Crippen LogP contribution in [0.3, 0.4) is 0 Å². The fourth-order valence-corrected chi connectivity index (χ4v) is 1.53. The first-order chi connectivity index (χ1) is 6.62. The molecule has 0 aliphatic rings. The number of hydrogen-bond donors (Lipinski definition) is 0. The predicted molar refractivity (Wildman–Crippen MR) is 60.5 cm³/mol. The molecular weight excluding hydrogens is 176 g/mol. The molecule has 0 fully saturated rings. The molecule has 3 nitrogen and oxygen atoms in total. The minimum absolute atomic E-state index is 0.173. The Kier molecular flexibility index (Phi) is 6.34. The van der Waals surface area contributed by atoms with Gasteiger partial charge in [-0.2, -0.15) is 0 Å². The first-order valence-electron chi connectivity index (χ1n) is 5.67. The first-order valence-corrected chi connectivity index (χ1v) is 5.67. The van der Waals surface area contributed by atoms with Crippen molar-refractivity contribution in [2.75, 3.05) is 19.6 Å². The Labute approximate surface area is 88.1 Å². The highest BCUT2D eigenvalue weighted by atomic mass is 16.2. The fourth-order valence-electron chi connectivity index (χ4n) is 1.53. The van der Waals surface area contributed by atoms with E-state index in [-0.39, 0.29) is 6.03 Å². The minimum Gasteiger partial charge on any atom is -0.325 e. The van der Waals surface area contributed by atoms with Gasteiger partial charge in [0, 0.05) is 25.7 Å². The molecule has 0 aliphatic heterocycles. The van der Waals surface area contributed by atoms with E-state index in [1.807, 2.05) is 30.6 Å². The number of carbonyl (C=O) groups is 1. The molecule has 84 valence electrons. The lowest BCUT2D eigenvalue weighted by molar-refractivity contribution is 0.142. The average Bonchev–Trinajstić information content (AvgIpc) is 2.20. The maximum absolute atomic E-state index is 12.0. The predicted octanol–water partition coefficient (Wildman–Crippen LogP) is 2.57. The van der Waals surface area contributed by atoms with Crippen molar-refractivity contribution in [2.24, 2.45) is 0 Å². The Hall–Kier alpha value is -0.730. The summed E-state index contributed by atoms with van der Waals surface area (Å²) in [4.78, 5) is 15.8. The number of urea groups is 1. The quantitative estimate of drug-likeness (QED) is 0.669. The molecule has 0 bridgehead atoms. The first kappa shape index (κ1) is 13.3. The van der Waals surface area contributed by atoms with Crippen LogP contribution in [-0.4, -0.2) is 41.5 Å². The maximum Gasteiger partial charge on any atom is 0.320 e. The molecule has 0 aromatic carbocycles. The number of carbonyl (C=O) groups excluding carboxylic acids is 1. The molecule has 0 aromatic rings. The summed E-state index contributed by atoms with van der Waals surface area (Å²) in [5.41, 5.74) is 0. The third-order valence-corrected chi connectivity index (χ3v) is 2.74. The average molecular weight is 200 g/mol. The second kappa shape index (κ2) is 6.68. The van der Waals surface area contributed by atoms with E-state index in [1.165, 1.54) is 0 Å². The van der Waals surface area contributed by atoms with Gasteiger partial charge in [-0.25, -0.2) is 4.79 Å². The number of amides is 2. The smallest absolute Gasteiger partial charge is 0.320 e. The van der Waals surface area contributed by atoms with Crippen LogP contribution in [0, 0.1) is 0 Å². The summed E-state index contributed by atoms with van der Waals surface area (Å²) in [5, 5.41) is 0. The summed E-state index contributed by atoms with van der Waals surface area (Å²) >= 11 is 0. The van der Waals surface area contributed by atoms with Crippen LogP contribution in [0.15, 0.2) is 0 Å². The van der Waals surface area contributed by atoms with E-state index in [0.29, 0.717) is 6.04 Å². The van der Waals surface area contributed by atoms with Crippen LogP contribution in [0.4, 0.5) is 4.79 Å². The van der Waals surface area contributed by atoms with Gasteiger partial charge < -0.3 is 9.80 Å². The Morgan fingerprint density at radius 2 is 1.57 bits per heavy atom. The normalized spacial score (nSPS) is 12.4. The van der Waals surface area contributed by atoms with Crippen molar-refractivity contribution in [3.8, 4) is 0 Å². The lowest BCUT2D eigenvalue weighted by Gasteiger charge is -2.32. The monoisotopic (exact) mass is 200 g/mol. The molecular formula is C11H24N2O. The molecule has 14 heavy (non-hydrogen) atoms. The molecule has 0 rings (SSSR count). The van der Waals surface area contributed by atoms with Crippen molar-refractivity contribution in [3.63, 3.8) is 0 Å². The van der Waals surface area contributed by atoms with Crippen LogP contribution in [0.5, 0.6) is 0 Å². The lowest BCUT2D eigenvalue weighted by Crippen LogP contribution is -2.46. The second-order valence-corrected chi connectivity index (χ2v) is 3.50. The Bertz CT molecular complexity index is 167. The summed E-state index contributed by atoms with van der Waals surface area (Å²) in [7, 11) is 0. The Morgan fingerprint density at radius 1 is 1.07 bits per heavy atom. The zero-order valence-corrected chi connectivity index (χ0v) is 10.2. The SMILES string of the molecule is CCC(C)N(CC)C(=O)N(CC)CC. The van der Waals surface area contributed by atoms with Gasteiger partial charge in [-0.1, -0.05) is 6.92 Å². The summed E-state index contributed by atoms with van der Waals surface area (Å²) in [6, 6.07) is 0.514. The molecule has 3 heteroatoms. The van der Waals surface area contributed by atoms with Gasteiger partial charge in [0.15, 0.2) is 0 Å². The third-order valence-electron chi connectivity index (χ3n) is 2.74. The highest BCUT2D eigenvalue weighted by molar-refractivity contribution is 5.74. The zero-order chi connectivity index (χ0) is 11.1. The van der Waals surface area contributed by atoms with Crippen molar-refractivity contribution in [1.82, 2.24) is 9.80 Å². The van der Waals surface area contributed by atoms with Gasteiger partial charge in [0.25, 0.3) is 0 Å². The summed E-state index contributed by atoms with van der Waals surface area (Å²) in [6.45, 7) is 12.7. The standard InChI is InChI=1S/C11H24N2O/c1-6-10(5)13(9-4)11(14)12(7-2)8-3/h10H,6-9H2,1-5H3. The molecule has 0 aromatic heterocycles. The van der Waals surface area contributed by atoms with Gasteiger partial charge in [0.1, 0.15) is 0 Å². The topological polar surface area (TPSA) is 23.6 Å². The molecule has 0 radical (unpaired) electrons. The molecule has 1 atom stereocenters. The van der Waals surface area contributed by atoms with E-state index in [9.17, 15) is 4.79 Å². The van der Waals surface area contributed by atoms with E-state index < -0.39 is 0 Å². The molecule has 0 spiro atoms. The van der Waals surface area contributed by atoms with E-state index in [1.54, 1.807) is 0 Å². The maximum atomic E-state index is 12.0. The third kappa shape index (κ3) is 3.20. The van der Waals surface area contributed by atoms with Crippen LogP contribution in [-0.2, 0) is 0 Å². The van der Waals surface area contributed by atoms with Gasteiger partial charge in [-0.05, 0) is 34.1 Å². The molecule has 2 amide bonds. The van der Waals surface area contributed by atoms with E-state index in [4.69, 9.17) is 0 Å². The molecule has 0 saturated carbocycles. The van der Waals surface area contributed by atoms with Crippen molar-refractivity contribution >= 4 is 6.03 Å². The van der Waals surface area contributed by atoms with Gasteiger partial charge in [0.05, 0.1) is 0 Å². The van der Waals surface area contributed by atoms with Gasteiger partial charge in [0.2, 0.25) is 0 Å². The second-order valence-electron chi connectivity index (χ2n) is 3.50. The molecule has 0 N–H and O–H groups in total. The minimum atomic E-state index is 0.173. The fraction of sp³-hybridized carbons (Fsp3) is 0.909. The molecule has 0 heterocycles. The van der Waals surface area contributed by atoms with Crippen LogP contribution >= 0.6 is 0 Å². The highest BCUT2D eigenvalue weighted by Gasteiger charge is 2.20. The molecule has 0 aliphatic carbocycles. The molecule has 0 saturated heterocycles. The highest BCUT2D eigenvalue weighted by Crippen LogP contribution is 2.07. The number of hydrogen-bond acceptors (Lipinski definition) is 1. The van der Waals surface area contributed by atoms with Crippen molar-refractivity contribution < 1.29 is 4.79 Å². The van der Waals surface area contributed by atoms with E-state index in [2.05, 4.69) is 13.8 Å². The molecule has 1 unspecified atom stereocenters. The van der Waals surface area contributed by atoms with Gasteiger partial charge in [-0.15, -0.1) is 0 Å². The Morgan fingerprint density at radius 3 is 1.86 bits per heavy atom. The van der Waals surface area contributed by atoms with E-state index >= 15 is 0 Å². The van der Waals surface area contributed by atoms with Crippen molar-refractivity contribution in [3.05, 3.63) is 0 Å². The Balaban J connectivity index is 4.43.